The number of nitrogens with one attached hydrogen (secondary N) is 1. The second-order valence-corrected chi connectivity index (χ2v) is 4.38. The van der Waals surface area contributed by atoms with Crippen molar-refractivity contribution < 1.29 is 9.47 Å². The van der Waals surface area contributed by atoms with Crippen LogP contribution < -0.4 is 14.8 Å². The summed E-state index contributed by atoms with van der Waals surface area (Å²) in [5.41, 5.74) is 2.39. The monoisotopic (exact) mass is 344 g/mol. The van der Waals surface area contributed by atoms with Gasteiger partial charge in [0.05, 0.1) is 13.7 Å². The number of halogens is 2. The molecule has 0 spiro atoms. The van der Waals surface area contributed by atoms with Crippen LogP contribution >= 0.6 is 24.8 Å². The molecular formula is C16H22Cl2N2O2. The Hall–Kier alpha value is -1.49. The van der Waals surface area contributed by atoms with Crippen molar-refractivity contribution in [2.45, 2.75) is 20.0 Å². The van der Waals surface area contributed by atoms with Gasteiger partial charge in [-0.3, -0.25) is 4.98 Å². The molecule has 0 aliphatic carbocycles. The highest BCUT2D eigenvalue weighted by molar-refractivity contribution is 5.85. The van der Waals surface area contributed by atoms with Crippen LogP contribution in [0.2, 0.25) is 0 Å². The number of methoxy groups -OCH3 is 1. The molecule has 0 aliphatic rings. The number of rotatable bonds is 7. The first kappa shape index (κ1) is 20.5. The molecule has 0 bridgehead atoms. The van der Waals surface area contributed by atoms with Crippen molar-refractivity contribution in [1.82, 2.24) is 10.3 Å². The molecule has 1 aromatic carbocycles. The van der Waals surface area contributed by atoms with Gasteiger partial charge in [0.15, 0.2) is 11.5 Å². The quantitative estimate of drug-likeness (QED) is 0.832. The third kappa shape index (κ3) is 6.10. The van der Waals surface area contributed by atoms with Crippen molar-refractivity contribution in [3.05, 3.63) is 53.9 Å². The lowest BCUT2D eigenvalue weighted by molar-refractivity contribution is 0.310. The predicted molar refractivity (Wildman–Crippen MR) is 93.4 cm³/mol. The van der Waals surface area contributed by atoms with Crippen molar-refractivity contribution in [2.75, 3.05) is 13.7 Å². The van der Waals surface area contributed by atoms with E-state index >= 15 is 0 Å². The zero-order chi connectivity index (χ0) is 14.2. The number of nitrogens with zero attached hydrogens (tertiary/aromatic N) is 1. The molecule has 1 heterocycles. The number of benzene rings is 1. The third-order valence-electron chi connectivity index (χ3n) is 2.94. The number of hydrogen-bond donors (Lipinski definition) is 1. The van der Waals surface area contributed by atoms with E-state index < -0.39 is 0 Å². The number of ether oxygens (including phenoxy) is 2. The van der Waals surface area contributed by atoms with E-state index in [4.69, 9.17) is 9.47 Å². The fourth-order valence-corrected chi connectivity index (χ4v) is 1.95. The zero-order valence-electron chi connectivity index (χ0n) is 12.7. The third-order valence-corrected chi connectivity index (χ3v) is 2.94. The lowest BCUT2D eigenvalue weighted by Crippen LogP contribution is -2.12. The lowest BCUT2D eigenvalue weighted by Gasteiger charge is -2.11. The van der Waals surface area contributed by atoms with Gasteiger partial charge < -0.3 is 14.8 Å². The molecule has 4 nitrogen and oxygen atoms in total. The second-order valence-electron chi connectivity index (χ2n) is 4.38. The van der Waals surface area contributed by atoms with Crippen LogP contribution in [-0.4, -0.2) is 18.7 Å². The highest BCUT2D eigenvalue weighted by Crippen LogP contribution is 2.27. The summed E-state index contributed by atoms with van der Waals surface area (Å²) in [5, 5.41) is 3.40. The summed E-state index contributed by atoms with van der Waals surface area (Å²) in [6.45, 7) is 4.20. The second kappa shape index (κ2) is 11.1. The smallest absolute Gasteiger partial charge is 0.161 e. The largest absolute Gasteiger partial charge is 0.493 e. The van der Waals surface area contributed by atoms with Crippen molar-refractivity contribution in [1.29, 1.82) is 0 Å². The fourth-order valence-electron chi connectivity index (χ4n) is 1.95. The normalized spacial score (nSPS) is 9.36. The van der Waals surface area contributed by atoms with Crippen LogP contribution in [0.5, 0.6) is 11.5 Å². The Morgan fingerprint density at radius 3 is 2.27 bits per heavy atom. The fraction of sp³-hybridized carbons (Fsp3) is 0.312. The first-order chi connectivity index (χ1) is 9.83. The van der Waals surface area contributed by atoms with E-state index in [9.17, 15) is 0 Å². The van der Waals surface area contributed by atoms with E-state index in [0.717, 1.165) is 24.6 Å². The predicted octanol–water partition coefficient (Wildman–Crippen LogP) is 3.62. The van der Waals surface area contributed by atoms with Gasteiger partial charge in [-0.25, -0.2) is 0 Å². The minimum Gasteiger partial charge on any atom is -0.493 e. The van der Waals surface area contributed by atoms with E-state index in [2.05, 4.69) is 10.3 Å². The number of hydrogen-bond acceptors (Lipinski definition) is 4. The number of aromatic nitrogens is 1. The van der Waals surface area contributed by atoms with Gasteiger partial charge in [0.25, 0.3) is 0 Å². The highest BCUT2D eigenvalue weighted by Gasteiger charge is 2.05. The van der Waals surface area contributed by atoms with Gasteiger partial charge in [-0.05, 0) is 42.3 Å². The Bertz CT molecular complexity index is 539. The average molecular weight is 345 g/mol. The summed E-state index contributed by atoms with van der Waals surface area (Å²) in [6, 6.07) is 10.0. The molecule has 0 fully saturated rings. The lowest BCUT2D eigenvalue weighted by atomic mass is 10.2. The van der Waals surface area contributed by atoms with Crippen LogP contribution in [0, 0.1) is 0 Å². The van der Waals surface area contributed by atoms with Crippen LogP contribution in [0.15, 0.2) is 42.7 Å². The molecule has 2 aromatic rings. The van der Waals surface area contributed by atoms with Gasteiger partial charge in [0.2, 0.25) is 0 Å². The Morgan fingerprint density at radius 2 is 1.64 bits per heavy atom. The summed E-state index contributed by atoms with van der Waals surface area (Å²) in [6.07, 6.45) is 3.61. The molecule has 1 N–H and O–H groups in total. The van der Waals surface area contributed by atoms with Gasteiger partial charge >= 0.3 is 0 Å². The molecule has 0 saturated heterocycles. The summed E-state index contributed by atoms with van der Waals surface area (Å²) in [4.78, 5) is 4.00. The maximum atomic E-state index is 5.57. The van der Waals surface area contributed by atoms with E-state index in [-0.39, 0.29) is 24.8 Å². The Balaban J connectivity index is 0.00000220. The van der Waals surface area contributed by atoms with Gasteiger partial charge in [0, 0.05) is 25.5 Å². The molecular weight excluding hydrogens is 323 g/mol. The molecule has 0 unspecified atom stereocenters. The summed E-state index contributed by atoms with van der Waals surface area (Å²) in [7, 11) is 1.65. The maximum Gasteiger partial charge on any atom is 0.161 e. The van der Waals surface area contributed by atoms with Crippen LogP contribution in [0.4, 0.5) is 0 Å². The van der Waals surface area contributed by atoms with Crippen molar-refractivity contribution in [2.24, 2.45) is 0 Å². The number of pyridine rings is 1. The molecule has 6 heteroatoms. The molecule has 0 amide bonds. The molecule has 122 valence electrons. The minimum absolute atomic E-state index is 0. The molecule has 0 aliphatic heterocycles. The standard InChI is InChI=1S/C16H20N2O2.2ClH/c1-3-20-16-10-14(4-5-15(16)19-2)12-18-11-13-6-8-17-9-7-13;;/h4-10,18H,3,11-12H2,1-2H3;2*1H. The van der Waals surface area contributed by atoms with Crippen LogP contribution in [0.25, 0.3) is 0 Å². The van der Waals surface area contributed by atoms with Crippen molar-refractivity contribution in [3.63, 3.8) is 0 Å². The van der Waals surface area contributed by atoms with E-state index in [1.54, 1.807) is 19.5 Å². The van der Waals surface area contributed by atoms with Crippen LogP contribution in [-0.2, 0) is 13.1 Å². The van der Waals surface area contributed by atoms with Crippen LogP contribution in [0.1, 0.15) is 18.1 Å². The highest BCUT2D eigenvalue weighted by atomic mass is 35.5. The summed E-state index contributed by atoms with van der Waals surface area (Å²) in [5.74, 6) is 1.56. The molecule has 22 heavy (non-hydrogen) atoms. The Labute approximate surface area is 144 Å². The Kier molecular flexibility index (Phi) is 10.4. The van der Waals surface area contributed by atoms with Crippen molar-refractivity contribution >= 4 is 24.8 Å². The Morgan fingerprint density at radius 1 is 0.955 bits per heavy atom. The SMILES string of the molecule is CCOc1cc(CNCc2ccncc2)ccc1OC.Cl.Cl. The average Bonchev–Trinajstić information content (AvgIpc) is 2.49. The molecule has 0 radical (unpaired) electrons. The maximum absolute atomic E-state index is 5.57. The van der Waals surface area contributed by atoms with Gasteiger partial charge in [0.1, 0.15) is 0 Å². The molecule has 2 rings (SSSR count). The van der Waals surface area contributed by atoms with Crippen molar-refractivity contribution in [3.8, 4) is 11.5 Å². The van der Waals surface area contributed by atoms with Gasteiger partial charge in [-0.15, -0.1) is 24.8 Å². The molecule has 0 saturated carbocycles. The first-order valence-electron chi connectivity index (χ1n) is 6.72. The molecule has 0 atom stereocenters. The zero-order valence-corrected chi connectivity index (χ0v) is 14.4. The van der Waals surface area contributed by atoms with E-state index in [0.29, 0.717) is 6.61 Å². The van der Waals surface area contributed by atoms with Gasteiger partial charge in [-0.2, -0.15) is 0 Å². The molecule has 1 aromatic heterocycles. The van der Waals surface area contributed by atoms with Gasteiger partial charge in [-0.1, -0.05) is 6.07 Å². The minimum atomic E-state index is 0. The summed E-state index contributed by atoms with van der Waals surface area (Å²) < 4.78 is 10.8. The van der Waals surface area contributed by atoms with Crippen LogP contribution in [0.3, 0.4) is 0 Å². The summed E-state index contributed by atoms with van der Waals surface area (Å²) >= 11 is 0. The first-order valence-corrected chi connectivity index (χ1v) is 6.72. The van der Waals surface area contributed by atoms with E-state index in [1.165, 1.54) is 11.1 Å². The van der Waals surface area contributed by atoms with E-state index in [1.807, 2.05) is 37.3 Å². The topological polar surface area (TPSA) is 43.4 Å².